The molecule has 5 fully saturated rings. The molecule has 4 aliphatic carbocycles. The van der Waals surface area contributed by atoms with Gasteiger partial charge in [0.25, 0.3) is 0 Å². The fourth-order valence-electron chi connectivity index (χ4n) is 10.8. The zero-order valence-electron chi connectivity index (χ0n) is 28.4. The Morgan fingerprint density at radius 2 is 1.63 bits per heavy atom. The first-order chi connectivity index (χ1) is 22.9. The van der Waals surface area contributed by atoms with Crippen LogP contribution in [0, 0.1) is 40.4 Å². The molecule has 0 spiro atoms. The molecule has 7 nitrogen and oxygen atoms in total. The van der Waals surface area contributed by atoms with Crippen LogP contribution in [0.1, 0.15) is 83.3 Å². The van der Waals surface area contributed by atoms with Gasteiger partial charge in [0, 0.05) is 24.9 Å². The van der Waals surface area contributed by atoms with E-state index in [9.17, 15) is 41.4 Å². The number of hydrogen-bond acceptors (Lipinski definition) is 6. The molecular weight excluding hydrogens is 656 g/mol. The molecule has 2 N–H and O–H groups in total. The lowest BCUT2D eigenvalue weighted by Crippen LogP contribution is -2.68. The molecule has 6 rings (SSSR count). The summed E-state index contributed by atoms with van der Waals surface area (Å²) in [5.41, 5.74) is -4.85. The van der Waals surface area contributed by atoms with E-state index in [-0.39, 0.29) is 72.7 Å². The summed E-state index contributed by atoms with van der Waals surface area (Å²) in [6.45, 7) is 8.25. The lowest BCUT2D eigenvalue weighted by molar-refractivity contribution is -0.267. The Morgan fingerprint density at radius 3 is 2.27 bits per heavy atom. The van der Waals surface area contributed by atoms with Crippen LogP contribution in [-0.4, -0.2) is 78.3 Å². The Morgan fingerprint density at radius 1 is 0.980 bits per heavy atom. The Balaban J connectivity index is 1.11. The minimum Gasteiger partial charge on any atom is -0.493 e. The van der Waals surface area contributed by atoms with Crippen molar-refractivity contribution in [2.75, 3.05) is 39.5 Å². The Bertz CT molecular complexity index is 1340. The number of ether oxygens (including phenoxy) is 3. The van der Waals surface area contributed by atoms with Crippen LogP contribution in [0.25, 0.3) is 0 Å². The zero-order valence-corrected chi connectivity index (χ0v) is 28.4. The summed E-state index contributed by atoms with van der Waals surface area (Å²) in [6.07, 6.45) is -5.72. The van der Waals surface area contributed by atoms with Crippen molar-refractivity contribution >= 4 is 5.91 Å². The number of benzene rings is 1. The predicted molar refractivity (Wildman–Crippen MR) is 166 cm³/mol. The standard InChI is InChI=1S/C36H49F6NO6/c1-21(19-48-25-15-22(35(37,38)39)14-23(16-25)36(40,41)42)27-4-5-28-26-17-30(44)34(46)18-24(49-20-31(45)43-10-12-47-13-11-43)6-9-33(34,3)29(26)7-8-32(27,28)2/h14-16,21,24,26-30,44,46H,4-13,17-20H2,1-3H3/t21-,24+,26+,27-,28+,29+,30-,32-,33-,34+/m1/s1. The van der Waals surface area contributed by atoms with Crippen LogP contribution >= 0.6 is 0 Å². The third kappa shape index (κ3) is 6.70. The first-order valence-electron chi connectivity index (χ1n) is 17.7. The topological polar surface area (TPSA) is 88.5 Å². The first-order valence-corrected chi connectivity index (χ1v) is 17.7. The highest BCUT2D eigenvalue weighted by Crippen LogP contribution is 2.69. The molecule has 4 saturated carbocycles. The minimum absolute atomic E-state index is 0.0187. The summed E-state index contributed by atoms with van der Waals surface area (Å²) in [6, 6.07) is 1.35. The molecule has 49 heavy (non-hydrogen) atoms. The number of carbonyl (C=O) groups is 1. The molecule has 0 unspecified atom stereocenters. The maximum atomic E-state index is 13.4. The Kier molecular flexibility index (Phi) is 9.85. The molecule has 1 amide bonds. The second-order valence-corrected chi connectivity index (χ2v) is 15.9. The molecule has 276 valence electrons. The van der Waals surface area contributed by atoms with E-state index in [1.165, 1.54) is 0 Å². The molecule has 0 radical (unpaired) electrons. The molecule has 13 heteroatoms. The van der Waals surface area contributed by atoms with Gasteiger partial charge in [-0.15, -0.1) is 0 Å². The van der Waals surface area contributed by atoms with Gasteiger partial charge >= 0.3 is 12.4 Å². The van der Waals surface area contributed by atoms with Gasteiger partial charge in [0.05, 0.1) is 48.8 Å². The zero-order chi connectivity index (χ0) is 35.6. The van der Waals surface area contributed by atoms with Crippen molar-refractivity contribution in [1.82, 2.24) is 4.90 Å². The van der Waals surface area contributed by atoms with E-state index in [4.69, 9.17) is 14.2 Å². The Labute approximate surface area is 283 Å². The van der Waals surface area contributed by atoms with Gasteiger partial charge in [0.1, 0.15) is 12.4 Å². The predicted octanol–water partition coefficient (Wildman–Crippen LogP) is 6.73. The second-order valence-electron chi connectivity index (χ2n) is 15.9. The number of aliphatic hydroxyl groups is 2. The molecule has 1 heterocycles. The summed E-state index contributed by atoms with van der Waals surface area (Å²) in [5.74, 6) is 0.0249. The van der Waals surface area contributed by atoms with Gasteiger partial charge in [-0.1, -0.05) is 20.8 Å². The molecule has 1 aliphatic heterocycles. The largest absolute Gasteiger partial charge is 0.493 e. The monoisotopic (exact) mass is 705 g/mol. The van der Waals surface area contributed by atoms with Crippen molar-refractivity contribution in [3.63, 3.8) is 0 Å². The average Bonchev–Trinajstić information content (AvgIpc) is 3.40. The van der Waals surface area contributed by atoms with Crippen molar-refractivity contribution in [3.8, 4) is 5.75 Å². The van der Waals surface area contributed by atoms with Crippen LogP contribution < -0.4 is 4.74 Å². The summed E-state index contributed by atoms with van der Waals surface area (Å²) in [4.78, 5) is 14.4. The fourth-order valence-corrected chi connectivity index (χ4v) is 10.8. The van der Waals surface area contributed by atoms with E-state index in [1.807, 2.05) is 6.92 Å². The summed E-state index contributed by atoms with van der Waals surface area (Å²) in [5, 5.41) is 23.8. The maximum absolute atomic E-state index is 13.4. The summed E-state index contributed by atoms with van der Waals surface area (Å²) >= 11 is 0. The number of hydrogen-bond donors (Lipinski definition) is 2. The quantitative estimate of drug-likeness (QED) is 0.306. The molecule has 0 bridgehead atoms. The van der Waals surface area contributed by atoms with Gasteiger partial charge in [-0.05, 0) is 98.1 Å². The van der Waals surface area contributed by atoms with Crippen molar-refractivity contribution in [2.45, 2.75) is 102 Å². The SMILES string of the molecule is C[C@H](COc1cc(C(F)(F)F)cc(C(F)(F)F)c1)[C@H]1CC[C@H]2[C@@H]3C[C@@H](O)[C@@]4(O)C[C@@H](OCC(=O)N5CCOCC5)CC[C@]4(C)[C@H]3CC[C@]12C. The molecule has 1 aromatic carbocycles. The highest BCUT2D eigenvalue weighted by Gasteiger charge is 2.67. The number of alkyl halides is 6. The number of morpholine rings is 1. The molecule has 1 aromatic rings. The van der Waals surface area contributed by atoms with Crippen molar-refractivity contribution < 1.29 is 55.6 Å². The van der Waals surface area contributed by atoms with Gasteiger partial charge in [-0.2, -0.15) is 26.3 Å². The minimum atomic E-state index is -4.95. The van der Waals surface area contributed by atoms with Crippen LogP contribution in [0.3, 0.4) is 0 Å². The Hall–Kier alpha value is -2.09. The number of carbonyl (C=O) groups excluding carboxylic acids is 1. The van der Waals surface area contributed by atoms with Crippen LogP contribution in [0.2, 0.25) is 0 Å². The highest BCUT2D eigenvalue weighted by atomic mass is 19.4. The third-order valence-corrected chi connectivity index (χ3v) is 13.5. The van der Waals surface area contributed by atoms with E-state index >= 15 is 0 Å². The van der Waals surface area contributed by atoms with Crippen LogP contribution in [0.4, 0.5) is 26.3 Å². The summed E-state index contributed by atoms with van der Waals surface area (Å²) in [7, 11) is 0. The van der Waals surface area contributed by atoms with Gasteiger partial charge in [-0.25, -0.2) is 0 Å². The van der Waals surface area contributed by atoms with Crippen LogP contribution in [0.15, 0.2) is 18.2 Å². The van der Waals surface area contributed by atoms with Crippen molar-refractivity contribution in [1.29, 1.82) is 0 Å². The van der Waals surface area contributed by atoms with Crippen LogP contribution in [0.5, 0.6) is 5.75 Å². The smallest absolute Gasteiger partial charge is 0.416 e. The van der Waals surface area contributed by atoms with Crippen molar-refractivity contribution in [3.05, 3.63) is 29.3 Å². The highest BCUT2D eigenvalue weighted by molar-refractivity contribution is 5.77. The lowest BCUT2D eigenvalue weighted by atomic mass is 9.42. The number of nitrogens with zero attached hydrogens (tertiary/aromatic N) is 1. The maximum Gasteiger partial charge on any atom is 0.416 e. The molecule has 10 atom stereocenters. The fraction of sp³-hybridized carbons (Fsp3) is 0.806. The van der Waals surface area contributed by atoms with E-state index < -0.39 is 46.3 Å². The number of fused-ring (bicyclic) bond motifs is 5. The molecular formula is C36H49F6NO6. The first kappa shape index (κ1) is 36.7. The summed E-state index contributed by atoms with van der Waals surface area (Å²) < 4.78 is 97.4. The van der Waals surface area contributed by atoms with Gasteiger partial charge < -0.3 is 29.3 Å². The van der Waals surface area contributed by atoms with Gasteiger partial charge in [0.2, 0.25) is 5.91 Å². The average molecular weight is 706 g/mol. The number of aliphatic hydroxyl groups excluding tert-OH is 1. The lowest BCUT2D eigenvalue weighted by Gasteiger charge is -2.65. The third-order valence-electron chi connectivity index (χ3n) is 13.5. The van der Waals surface area contributed by atoms with Crippen LogP contribution in [-0.2, 0) is 26.6 Å². The van der Waals surface area contributed by atoms with Crippen molar-refractivity contribution in [2.24, 2.45) is 40.4 Å². The van der Waals surface area contributed by atoms with Gasteiger partial charge in [-0.3, -0.25) is 4.79 Å². The van der Waals surface area contributed by atoms with E-state index in [2.05, 4.69) is 13.8 Å². The number of rotatable bonds is 7. The van der Waals surface area contributed by atoms with E-state index in [1.54, 1.807) is 4.90 Å². The van der Waals surface area contributed by atoms with Gasteiger partial charge in [0.15, 0.2) is 0 Å². The normalized spacial score (nSPS) is 38.7. The number of halogens is 6. The van der Waals surface area contributed by atoms with E-state index in [0.717, 1.165) is 25.7 Å². The van der Waals surface area contributed by atoms with E-state index in [0.29, 0.717) is 57.7 Å². The molecule has 1 saturated heterocycles. The second kappa shape index (κ2) is 13.2. The molecule has 5 aliphatic rings. The number of amides is 1. The molecule has 0 aromatic heterocycles.